The highest BCUT2D eigenvalue weighted by atomic mass is 14.2. The van der Waals surface area contributed by atoms with Crippen LogP contribution in [0, 0.1) is 20.8 Å². The summed E-state index contributed by atoms with van der Waals surface area (Å²) >= 11 is 0. The lowest BCUT2D eigenvalue weighted by atomic mass is 9.82. The third kappa shape index (κ3) is 4.22. The zero-order valence-corrected chi connectivity index (χ0v) is 24.8. The SMILES string of the molecule is Cc1cc2c(-c3ccc4ccccc4c3)c3cc(C)c(-c4ccccc4)cc3c(-c3ccc4ccccc4c3)c2cc1C. The smallest absolute Gasteiger partial charge is 0.00258 e. The van der Waals surface area contributed by atoms with Gasteiger partial charge in [0.25, 0.3) is 0 Å². The molecule has 8 rings (SSSR count). The molecule has 0 heteroatoms. The third-order valence-electron chi connectivity index (χ3n) is 9.24. The summed E-state index contributed by atoms with van der Waals surface area (Å²) in [7, 11) is 0. The molecule has 0 amide bonds. The first kappa shape index (κ1) is 25.5. The minimum atomic E-state index is 1.25. The molecule has 8 aromatic rings. The summed E-state index contributed by atoms with van der Waals surface area (Å²) < 4.78 is 0. The molecule has 0 nitrogen and oxygen atoms in total. The predicted octanol–water partition coefficient (Wildman–Crippen LogP) is 12.2. The van der Waals surface area contributed by atoms with E-state index in [-0.39, 0.29) is 0 Å². The number of benzene rings is 8. The van der Waals surface area contributed by atoms with Crippen molar-refractivity contribution in [1.82, 2.24) is 0 Å². The average molecular weight is 549 g/mol. The number of hydrogen-bond acceptors (Lipinski definition) is 0. The first-order valence-corrected chi connectivity index (χ1v) is 15.1. The molecule has 0 saturated heterocycles. The monoisotopic (exact) mass is 548 g/mol. The van der Waals surface area contributed by atoms with E-state index in [1.807, 2.05) is 0 Å². The highest BCUT2D eigenvalue weighted by Crippen LogP contribution is 2.47. The minimum Gasteiger partial charge on any atom is -0.0622 e. The van der Waals surface area contributed by atoms with Gasteiger partial charge in [0.2, 0.25) is 0 Å². The van der Waals surface area contributed by atoms with E-state index < -0.39 is 0 Å². The van der Waals surface area contributed by atoms with Crippen molar-refractivity contribution in [3.8, 4) is 33.4 Å². The van der Waals surface area contributed by atoms with E-state index in [0.717, 1.165) is 0 Å². The molecule has 0 unspecified atom stereocenters. The van der Waals surface area contributed by atoms with Gasteiger partial charge in [-0.1, -0.05) is 121 Å². The Morgan fingerprint density at radius 1 is 0.302 bits per heavy atom. The summed E-state index contributed by atoms with van der Waals surface area (Å²) in [6, 6.07) is 51.8. The number of hydrogen-bond donors (Lipinski definition) is 0. The molecule has 0 aliphatic heterocycles. The Morgan fingerprint density at radius 2 is 0.721 bits per heavy atom. The van der Waals surface area contributed by atoms with Crippen LogP contribution in [0.2, 0.25) is 0 Å². The maximum atomic E-state index is 2.45. The fourth-order valence-corrected chi connectivity index (χ4v) is 6.88. The molecule has 0 aromatic heterocycles. The lowest BCUT2D eigenvalue weighted by molar-refractivity contribution is 1.37. The summed E-state index contributed by atoms with van der Waals surface area (Å²) in [6.07, 6.45) is 0. The van der Waals surface area contributed by atoms with Gasteiger partial charge in [-0.15, -0.1) is 0 Å². The largest absolute Gasteiger partial charge is 0.0622 e. The van der Waals surface area contributed by atoms with Gasteiger partial charge in [0.1, 0.15) is 0 Å². The quantitative estimate of drug-likeness (QED) is 0.193. The van der Waals surface area contributed by atoms with Crippen molar-refractivity contribution < 1.29 is 0 Å². The average Bonchev–Trinajstić information content (AvgIpc) is 3.04. The van der Waals surface area contributed by atoms with E-state index in [1.165, 1.54) is 93.2 Å². The Balaban J connectivity index is 1.57. The fraction of sp³-hybridized carbons (Fsp3) is 0.0698. The molecule has 0 saturated carbocycles. The van der Waals surface area contributed by atoms with Crippen LogP contribution >= 0.6 is 0 Å². The molecule has 0 N–H and O–H groups in total. The molecule has 0 fully saturated rings. The van der Waals surface area contributed by atoms with Crippen LogP contribution in [0.25, 0.3) is 76.5 Å². The van der Waals surface area contributed by atoms with Crippen LogP contribution < -0.4 is 0 Å². The zero-order chi connectivity index (χ0) is 29.1. The number of fused-ring (bicyclic) bond motifs is 4. The van der Waals surface area contributed by atoms with Gasteiger partial charge in [-0.2, -0.15) is 0 Å². The summed E-state index contributed by atoms with van der Waals surface area (Å²) in [5.41, 5.74) is 11.6. The van der Waals surface area contributed by atoms with Gasteiger partial charge in [0, 0.05) is 0 Å². The van der Waals surface area contributed by atoms with Crippen molar-refractivity contribution in [2.24, 2.45) is 0 Å². The van der Waals surface area contributed by atoms with Gasteiger partial charge in [0.15, 0.2) is 0 Å². The molecular formula is C43H32. The normalized spacial score (nSPS) is 11.6. The van der Waals surface area contributed by atoms with Crippen LogP contribution in [0.4, 0.5) is 0 Å². The molecule has 0 aliphatic rings. The molecular weight excluding hydrogens is 516 g/mol. The highest BCUT2D eigenvalue weighted by Gasteiger charge is 2.20. The first-order chi connectivity index (χ1) is 21.0. The summed E-state index contributed by atoms with van der Waals surface area (Å²) in [5, 5.41) is 10.3. The van der Waals surface area contributed by atoms with Crippen molar-refractivity contribution in [3.05, 3.63) is 156 Å². The topological polar surface area (TPSA) is 0 Å². The Morgan fingerprint density at radius 3 is 1.23 bits per heavy atom. The second-order valence-electron chi connectivity index (χ2n) is 11.9. The second kappa shape index (κ2) is 9.96. The molecule has 0 spiro atoms. The molecule has 204 valence electrons. The second-order valence-corrected chi connectivity index (χ2v) is 11.9. The predicted molar refractivity (Wildman–Crippen MR) is 187 cm³/mol. The maximum absolute atomic E-state index is 2.45. The van der Waals surface area contributed by atoms with E-state index in [4.69, 9.17) is 0 Å². The first-order valence-electron chi connectivity index (χ1n) is 15.1. The molecule has 43 heavy (non-hydrogen) atoms. The van der Waals surface area contributed by atoms with E-state index in [2.05, 4.69) is 160 Å². The Kier molecular flexibility index (Phi) is 5.91. The standard InChI is InChI=1S/C43H32/c1-27-21-38-39(22-28(27)2)43(36-20-18-31-12-8-10-16-34(31)25-36)41-26-37(32-13-5-4-6-14-32)29(3)23-40(41)42(38)35-19-17-30-11-7-9-15-33(30)24-35/h4-26H,1-3H3. The van der Waals surface area contributed by atoms with E-state index in [0.29, 0.717) is 0 Å². The molecule has 0 radical (unpaired) electrons. The van der Waals surface area contributed by atoms with Crippen LogP contribution in [0.3, 0.4) is 0 Å². The van der Waals surface area contributed by atoms with Crippen molar-refractivity contribution >= 4 is 43.1 Å². The zero-order valence-electron chi connectivity index (χ0n) is 24.8. The molecule has 0 heterocycles. The van der Waals surface area contributed by atoms with E-state index in [1.54, 1.807) is 0 Å². The summed E-state index contributed by atoms with van der Waals surface area (Å²) in [4.78, 5) is 0. The third-order valence-corrected chi connectivity index (χ3v) is 9.24. The van der Waals surface area contributed by atoms with Crippen molar-refractivity contribution in [1.29, 1.82) is 0 Å². The molecule has 8 aromatic carbocycles. The van der Waals surface area contributed by atoms with Crippen LogP contribution in [0.1, 0.15) is 16.7 Å². The number of aryl methyl sites for hydroxylation is 3. The van der Waals surface area contributed by atoms with Crippen LogP contribution in [-0.2, 0) is 0 Å². The molecule has 0 bridgehead atoms. The van der Waals surface area contributed by atoms with Gasteiger partial charge in [-0.05, 0) is 132 Å². The molecule has 0 atom stereocenters. The van der Waals surface area contributed by atoms with Crippen LogP contribution in [0.15, 0.2) is 140 Å². The summed E-state index contributed by atoms with van der Waals surface area (Å²) in [5.74, 6) is 0. The van der Waals surface area contributed by atoms with E-state index in [9.17, 15) is 0 Å². The lowest BCUT2D eigenvalue weighted by Crippen LogP contribution is -1.95. The van der Waals surface area contributed by atoms with Crippen molar-refractivity contribution in [2.75, 3.05) is 0 Å². The number of rotatable bonds is 3. The van der Waals surface area contributed by atoms with Gasteiger partial charge in [-0.3, -0.25) is 0 Å². The van der Waals surface area contributed by atoms with Crippen LogP contribution in [0.5, 0.6) is 0 Å². The maximum Gasteiger partial charge on any atom is -0.00258 e. The fourth-order valence-electron chi connectivity index (χ4n) is 6.88. The molecule has 0 aliphatic carbocycles. The van der Waals surface area contributed by atoms with Gasteiger partial charge in [0.05, 0.1) is 0 Å². The van der Waals surface area contributed by atoms with Crippen LogP contribution in [-0.4, -0.2) is 0 Å². The highest BCUT2D eigenvalue weighted by molar-refractivity contribution is 6.23. The van der Waals surface area contributed by atoms with Crippen molar-refractivity contribution in [2.45, 2.75) is 20.8 Å². The van der Waals surface area contributed by atoms with Gasteiger partial charge < -0.3 is 0 Å². The minimum absolute atomic E-state index is 1.25. The Hall–Kier alpha value is -5.20. The lowest BCUT2D eigenvalue weighted by Gasteiger charge is -2.21. The Labute approximate surface area is 252 Å². The van der Waals surface area contributed by atoms with Gasteiger partial charge >= 0.3 is 0 Å². The van der Waals surface area contributed by atoms with Crippen molar-refractivity contribution in [3.63, 3.8) is 0 Å². The van der Waals surface area contributed by atoms with Gasteiger partial charge in [-0.25, -0.2) is 0 Å². The Bertz CT molecular complexity index is 2360. The summed E-state index contributed by atoms with van der Waals surface area (Å²) in [6.45, 7) is 6.73. The van der Waals surface area contributed by atoms with E-state index >= 15 is 0 Å².